The van der Waals surface area contributed by atoms with Crippen LogP contribution >= 0.6 is 0 Å². The molecule has 0 spiro atoms. The molecule has 0 saturated heterocycles. The van der Waals surface area contributed by atoms with E-state index in [1.165, 1.54) is 0 Å². The van der Waals surface area contributed by atoms with Crippen LogP contribution in [0.25, 0.3) is 0 Å². The maximum absolute atomic E-state index is 12.3. The molecule has 0 bridgehead atoms. The fourth-order valence-corrected chi connectivity index (χ4v) is 2.85. The summed E-state index contributed by atoms with van der Waals surface area (Å²) >= 11 is 0. The van der Waals surface area contributed by atoms with E-state index < -0.39 is 11.9 Å². The third-order valence-corrected chi connectivity index (χ3v) is 4.04. The van der Waals surface area contributed by atoms with Crippen LogP contribution in [0.2, 0.25) is 0 Å². The lowest BCUT2D eigenvalue weighted by atomic mass is 9.94. The summed E-state index contributed by atoms with van der Waals surface area (Å²) in [5, 5.41) is 12.2. The first-order valence-corrected chi connectivity index (χ1v) is 7.19. The van der Waals surface area contributed by atoms with E-state index in [1.54, 1.807) is 6.07 Å². The van der Waals surface area contributed by atoms with Gasteiger partial charge in [-0.3, -0.25) is 9.59 Å². The van der Waals surface area contributed by atoms with Crippen LogP contribution in [-0.4, -0.2) is 23.0 Å². The molecule has 1 aromatic carbocycles. The summed E-state index contributed by atoms with van der Waals surface area (Å²) in [6.07, 6.45) is 4.33. The first kappa shape index (κ1) is 14.6. The number of carboxylic acid groups (broad SMARTS) is 1. The van der Waals surface area contributed by atoms with Gasteiger partial charge < -0.3 is 10.4 Å². The molecule has 4 heteroatoms. The van der Waals surface area contributed by atoms with Crippen molar-refractivity contribution in [2.75, 3.05) is 0 Å². The molecule has 2 atom stereocenters. The molecule has 0 aromatic heterocycles. The maximum atomic E-state index is 12.3. The lowest BCUT2D eigenvalue weighted by molar-refractivity contribution is -0.142. The Bertz CT molecular complexity index is 498. The Kier molecular flexibility index (Phi) is 4.77. The highest BCUT2D eigenvalue weighted by molar-refractivity contribution is 5.96. The number of hydrogen-bond acceptors (Lipinski definition) is 2. The summed E-state index contributed by atoms with van der Waals surface area (Å²) in [6.45, 7) is 1.89. The number of carboxylic acids is 1. The van der Waals surface area contributed by atoms with Crippen LogP contribution < -0.4 is 5.32 Å². The largest absolute Gasteiger partial charge is 0.481 e. The molecule has 108 valence electrons. The van der Waals surface area contributed by atoms with Crippen LogP contribution in [0.3, 0.4) is 0 Å². The van der Waals surface area contributed by atoms with Crippen LogP contribution in [0.4, 0.5) is 0 Å². The molecule has 0 aliphatic heterocycles. The number of carbonyl (C=O) groups is 2. The van der Waals surface area contributed by atoms with E-state index in [0.29, 0.717) is 12.0 Å². The third kappa shape index (κ3) is 3.38. The van der Waals surface area contributed by atoms with Gasteiger partial charge in [0.2, 0.25) is 0 Å². The van der Waals surface area contributed by atoms with Crippen LogP contribution in [0.1, 0.15) is 48.0 Å². The van der Waals surface area contributed by atoms with E-state index in [1.807, 2.05) is 25.1 Å². The smallest absolute Gasteiger partial charge is 0.308 e. The molecule has 2 unspecified atom stereocenters. The SMILES string of the molecule is Cc1ccccc1C(=O)NC1CCCCCC1C(=O)O. The van der Waals surface area contributed by atoms with E-state index in [9.17, 15) is 14.7 Å². The molecular weight excluding hydrogens is 254 g/mol. The third-order valence-electron chi connectivity index (χ3n) is 4.04. The number of benzene rings is 1. The highest BCUT2D eigenvalue weighted by Gasteiger charge is 2.30. The summed E-state index contributed by atoms with van der Waals surface area (Å²) in [5.74, 6) is -1.44. The topological polar surface area (TPSA) is 66.4 Å². The molecule has 1 aliphatic carbocycles. The predicted molar refractivity (Wildman–Crippen MR) is 76.6 cm³/mol. The average molecular weight is 275 g/mol. The quantitative estimate of drug-likeness (QED) is 0.834. The molecular formula is C16H21NO3. The second-order valence-electron chi connectivity index (χ2n) is 5.48. The van der Waals surface area contributed by atoms with Gasteiger partial charge in [-0.25, -0.2) is 0 Å². The average Bonchev–Trinajstić information content (AvgIpc) is 2.64. The van der Waals surface area contributed by atoms with Crippen molar-refractivity contribution >= 4 is 11.9 Å². The summed E-state index contributed by atoms with van der Waals surface area (Å²) in [6, 6.07) is 7.11. The molecule has 20 heavy (non-hydrogen) atoms. The van der Waals surface area contributed by atoms with Gasteiger partial charge in [0.15, 0.2) is 0 Å². The number of aryl methyl sites for hydroxylation is 1. The summed E-state index contributed by atoms with van der Waals surface area (Å²) in [7, 11) is 0. The van der Waals surface area contributed by atoms with E-state index in [4.69, 9.17) is 0 Å². The first-order valence-electron chi connectivity index (χ1n) is 7.19. The molecule has 0 radical (unpaired) electrons. The van der Waals surface area contributed by atoms with Crippen molar-refractivity contribution in [3.05, 3.63) is 35.4 Å². The molecule has 0 heterocycles. The van der Waals surface area contributed by atoms with Crippen LogP contribution in [0.5, 0.6) is 0 Å². The second-order valence-corrected chi connectivity index (χ2v) is 5.48. The fourth-order valence-electron chi connectivity index (χ4n) is 2.85. The van der Waals surface area contributed by atoms with Gasteiger partial charge in [0.1, 0.15) is 0 Å². The Labute approximate surface area is 119 Å². The van der Waals surface area contributed by atoms with E-state index in [-0.39, 0.29) is 11.9 Å². The molecule has 2 N–H and O–H groups in total. The minimum absolute atomic E-state index is 0.166. The number of aliphatic carboxylic acids is 1. The van der Waals surface area contributed by atoms with Gasteiger partial charge in [0.25, 0.3) is 5.91 Å². The normalized spacial score (nSPS) is 22.9. The maximum Gasteiger partial charge on any atom is 0.308 e. The second kappa shape index (κ2) is 6.55. The minimum Gasteiger partial charge on any atom is -0.481 e. The zero-order valence-corrected chi connectivity index (χ0v) is 11.8. The van der Waals surface area contributed by atoms with Gasteiger partial charge in [-0.15, -0.1) is 0 Å². The van der Waals surface area contributed by atoms with Crippen molar-refractivity contribution < 1.29 is 14.7 Å². The number of amides is 1. The highest BCUT2D eigenvalue weighted by Crippen LogP contribution is 2.24. The van der Waals surface area contributed by atoms with Crippen LogP contribution in [0, 0.1) is 12.8 Å². The highest BCUT2D eigenvalue weighted by atomic mass is 16.4. The molecule has 4 nitrogen and oxygen atoms in total. The lowest BCUT2D eigenvalue weighted by Gasteiger charge is -2.23. The van der Waals surface area contributed by atoms with E-state index in [2.05, 4.69) is 5.32 Å². The van der Waals surface area contributed by atoms with Crippen molar-refractivity contribution in [3.63, 3.8) is 0 Å². The van der Waals surface area contributed by atoms with Gasteiger partial charge in [-0.05, 0) is 31.4 Å². The van der Waals surface area contributed by atoms with Gasteiger partial charge in [0.05, 0.1) is 5.92 Å². The van der Waals surface area contributed by atoms with Crippen LogP contribution in [-0.2, 0) is 4.79 Å². The minimum atomic E-state index is -0.804. The summed E-state index contributed by atoms with van der Waals surface area (Å²) < 4.78 is 0. The molecule has 1 amide bonds. The molecule has 1 aromatic rings. The van der Waals surface area contributed by atoms with Crippen molar-refractivity contribution in [1.82, 2.24) is 5.32 Å². The number of hydrogen-bond donors (Lipinski definition) is 2. The van der Waals surface area contributed by atoms with Gasteiger partial charge in [-0.1, -0.05) is 37.5 Å². The summed E-state index contributed by atoms with van der Waals surface area (Å²) in [4.78, 5) is 23.7. The monoisotopic (exact) mass is 275 g/mol. The lowest BCUT2D eigenvalue weighted by Crippen LogP contribution is -2.43. The predicted octanol–water partition coefficient (Wildman–Crippen LogP) is 2.76. The molecule has 1 fully saturated rings. The number of rotatable bonds is 3. The molecule has 1 aliphatic rings. The first-order chi connectivity index (χ1) is 9.59. The van der Waals surface area contributed by atoms with Crippen molar-refractivity contribution in [3.8, 4) is 0 Å². The van der Waals surface area contributed by atoms with Crippen molar-refractivity contribution in [2.45, 2.75) is 45.1 Å². The van der Waals surface area contributed by atoms with Gasteiger partial charge in [-0.2, -0.15) is 0 Å². The van der Waals surface area contributed by atoms with Gasteiger partial charge >= 0.3 is 5.97 Å². The summed E-state index contributed by atoms with van der Waals surface area (Å²) in [5.41, 5.74) is 1.53. The van der Waals surface area contributed by atoms with Crippen molar-refractivity contribution in [2.24, 2.45) is 5.92 Å². The Morgan fingerprint density at radius 1 is 1.15 bits per heavy atom. The number of carbonyl (C=O) groups excluding carboxylic acids is 1. The van der Waals surface area contributed by atoms with Crippen molar-refractivity contribution in [1.29, 1.82) is 0 Å². The van der Waals surface area contributed by atoms with Gasteiger partial charge in [0, 0.05) is 11.6 Å². The zero-order chi connectivity index (χ0) is 14.5. The van der Waals surface area contributed by atoms with E-state index >= 15 is 0 Å². The Morgan fingerprint density at radius 3 is 2.55 bits per heavy atom. The van der Waals surface area contributed by atoms with E-state index in [0.717, 1.165) is 31.2 Å². The Hall–Kier alpha value is -1.84. The Morgan fingerprint density at radius 2 is 1.85 bits per heavy atom. The molecule has 2 rings (SSSR count). The fraction of sp³-hybridized carbons (Fsp3) is 0.500. The molecule has 1 saturated carbocycles. The zero-order valence-electron chi connectivity index (χ0n) is 11.8. The Balaban J connectivity index is 2.12. The number of nitrogens with one attached hydrogen (secondary N) is 1. The van der Waals surface area contributed by atoms with Crippen LogP contribution in [0.15, 0.2) is 24.3 Å². The standard InChI is InChI=1S/C16H21NO3/c1-11-7-5-6-8-12(11)15(18)17-14-10-4-2-3-9-13(14)16(19)20/h5-8,13-14H,2-4,9-10H2,1H3,(H,17,18)(H,19,20).